The second kappa shape index (κ2) is 5.22. The van der Waals surface area contributed by atoms with Crippen LogP contribution < -0.4 is 10.2 Å². The highest BCUT2D eigenvalue weighted by atomic mass is 35.5. The molecule has 2 aliphatic heterocycles. The van der Waals surface area contributed by atoms with E-state index in [9.17, 15) is 0 Å². The van der Waals surface area contributed by atoms with E-state index in [2.05, 4.69) is 21.2 Å². The molecule has 1 aromatic carbocycles. The molecule has 4 heteroatoms. The molecule has 0 radical (unpaired) electrons. The van der Waals surface area contributed by atoms with Crippen LogP contribution >= 0.6 is 11.6 Å². The first-order valence-corrected chi connectivity index (χ1v) is 7.51. The number of nitrogens with one attached hydrogen (secondary N) is 1. The molecule has 1 N–H and O–H groups in total. The Balaban J connectivity index is 1.82. The van der Waals surface area contributed by atoms with Gasteiger partial charge in [0, 0.05) is 32.7 Å². The number of anilines is 2. The van der Waals surface area contributed by atoms with Gasteiger partial charge >= 0.3 is 0 Å². The number of hydrogen-bond acceptors (Lipinski definition) is 3. The molecular formula is C15H22ClN3. The van der Waals surface area contributed by atoms with Gasteiger partial charge in [0.25, 0.3) is 0 Å². The van der Waals surface area contributed by atoms with Gasteiger partial charge in [-0.25, -0.2) is 0 Å². The van der Waals surface area contributed by atoms with E-state index in [0.717, 1.165) is 16.4 Å². The van der Waals surface area contributed by atoms with Gasteiger partial charge < -0.3 is 10.2 Å². The highest BCUT2D eigenvalue weighted by Crippen LogP contribution is 2.36. The number of fused-ring (bicyclic) bond motifs is 1. The van der Waals surface area contributed by atoms with Gasteiger partial charge in [0.15, 0.2) is 0 Å². The van der Waals surface area contributed by atoms with Crippen LogP contribution in [-0.4, -0.2) is 44.2 Å². The molecule has 3 rings (SSSR count). The van der Waals surface area contributed by atoms with Crippen molar-refractivity contribution in [1.82, 2.24) is 4.90 Å². The van der Waals surface area contributed by atoms with Crippen LogP contribution in [0.15, 0.2) is 18.2 Å². The average Bonchev–Trinajstić information content (AvgIpc) is 2.93. The van der Waals surface area contributed by atoms with Gasteiger partial charge in [-0.15, -0.1) is 0 Å². The largest absolute Gasteiger partial charge is 0.379 e. The molecule has 0 bridgehead atoms. The lowest BCUT2D eigenvalue weighted by Gasteiger charge is -2.26. The third kappa shape index (κ3) is 2.41. The normalized spacial score (nSPS) is 26.5. The topological polar surface area (TPSA) is 18.5 Å². The van der Waals surface area contributed by atoms with Crippen molar-refractivity contribution in [1.29, 1.82) is 0 Å². The van der Waals surface area contributed by atoms with Crippen LogP contribution in [0.3, 0.4) is 0 Å². The summed E-state index contributed by atoms with van der Waals surface area (Å²) in [6, 6.07) is 7.41. The molecule has 2 heterocycles. The third-order valence-electron chi connectivity index (χ3n) is 4.38. The van der Waals surface area contributed by atoms with Crippen LogP contribution in [0, 0.1) is 0 Å². The van der Waals surface area contributed by atoms with Gasteiger partial charge in [-0.05, 0) is 37.9 Å². The first-order valence-electron chi connectivity index (χ1n) is 7.13. The van der Waals surface area contributed by atoms with Gasteiger partial charge in [-0.1, -0.05) is 17.7 Å². The summed E-state index contributed by atoms with van der Waals surface area (Å²) in [7, 11) is 4.09. The van der Waals surface area contributed by atoms with E-state index in [4.69, 9.17) is 11.6 Å². The van der Waals surface area contributed by atoms with Crippen molar-refractivity contribution in [2.75, 3.05) is 37.4 Å². The maximum absolute atomic E-state index is 6.33. The van der Waals surface area contributed by atoms with Crippen molar-refractivity contribution in [2.45, 2.75) is 31.3 Å². The number of nitrogens with zero attached hydrogens (tertiary/aromatic N) is 2. The van der Waals surface area contributed by atoms with Gasteiger partial charge in [-0.2, -0.15) is 0 Å². The molecule has 19 heavy (non-hydrogen) atoms. The minimum absolute atomic E-state index is 0.569. The predicted molar refractivity (Wildman–Crippen MR) is 82.4 cm³/mol. The van der Waals surface area contributed by atoms with Crippen LogP contribution in [-0.2, 0) is 0 Å². The molecule has 2 aliphatic rings. The van der Waals surface area contributed by atoms with E-state index in [0.29, 0.717) is 12.1 Å². The lowest BCUT2D eigenvalue weighted by atomic mass is 10.1. The molecule has 3 nitrogen and oxygen atoms in total. The highest BCUT2D eigenvalue weighted by Gasteiger charge is 2.37. The molecule has 0 saturated carbocycles. The summed E-state index contributed by atoms with van der Waals surface area (Å²) in [5.41, 5.74) is 2.26. The van der Waals surface area contributed by atoms with E-state index in [1.807, 2.05) is 26.2 Å². The van der Waals surface area contributed by atoms with Crippen molar-refractivity contribution < 1.29 is 0 Å². The Bertz CT molecular complexity index is 461. The summed E-state index contributed by atoms with van der Waals surface area (Å²) < 4.78 is 0. The zero-order valence-electron chi connectivity index (χ0n) is 11.7. The minimum Gasteiger partial charge on any atom is -0.379 e. The number of benzene rings is 1. The first kappa shape index (κ1) is 13.1. The van der Waals surface area contributed by atoms with Crippen molar-refractivity contribution in [3.63, 3.8) is 0 Å². The Kier molecular flexibility index (Phi) is 3.59. The second-order valence-electron chi connectivity index (χ2n) is 5.82. The van der Waals surface area contributed by atoms with Crippen molar-refractivity contribution in [3.8, 4) is 0 Å². The minimum atomic E-state index is 0.569. The molecule has 0 amide bonds. The zero-order chi connectivity index (χ0) is 13.4. The Morgan fingerprint density at radius 2 is 2.11 bits per heavy atom. The van der Waals surface area contributed by atoms with E-state index in [1.165, 1.54) is 32.4 Å². The van der Waals surface area contributed by atoms with Gasteiger partial charge in [0.05, 0.1) is 16.4 Å². The van der Waals surface area contributed by atoms with Crippen LogP contribution in [0.2, 0.25) is 5.02 Å². The molecule has 2 fully saturated rings. The molecule has 1 aromatic rings. The number of halogens is 1. The van der Waals surface area contributed by atoms with E-state index in [-0.39, 0.29) is 0 Å². The first-order chi connectivity index (χ1) is 9.16. The van der Waals surface area contributed by atoms with E-state index in [1.54, 1.807) is 0 Å². The summed E-state index contributed by atoms with van der Waals surface area (Å²) in [5.74, 6) is 0. The Morgan fingerprint density at radius 3 is 2.89 bits per heavy atom. The highest BCUT2D eigenvalue weighted by molar-refractivity contribution is 6.34. The second-order valence-corrected chi connectivity index (χ2v) is 6.22. The summed E-state index contributed by atoms with van der Waals surface area (Å²) in [6.45, 7) is 2.51. The number of hydrogen-bond donors (Lipinski definition) is 1. The van der Waals surface area contributed by atoms with Gasteiger partial charge in [-0.3, -0.25) is 4.90 Å². The molecule has 0 aromatic heterocycles. The summed E-state index contributed by atoms with van der Waals surface area (Å²) in [6.07, 6.45) is 3.92. The van der Waals surface area contributed by atoms with E-state index < -0.39 is 0 Å². The molecule has 2 unspecified atom stereocenters. The molecule has 0 aliphatic carbocycles. The molecule has 104 valence electrons. The predicted octanol–water partition coefficient (Wildman–Crippen LogP) is 3.05. The van der Waals surface area contributed by atoms with Crippen LogP contribution in [0.5, 0.6) is 0 Å². The SMILES string of the molecule is CN(C)c1c(Cl)cccc1NC1CCN2CCCC12. The lowest BCUT2D eigenvalue weighted by Crippen LogP contribution is -2.34. The third-order valence-corrected chi connectivity index (χ3v) is 4.69. The van der Waals surface area contributed by atoms with Crippen molar-refractivity contribution >= 4 is 23.0 Å². The van der Waals surface area contributed by atoms with Crippen LogP contribution in [0.25, 0.3) is 0 Å². The number of rotatable bonds is 3. The summed E-state index contributed by atoms with van der Waals surface area (Å²) in [4.78, 5) is 4.71. The molecular weight excluding hydrogens is 258 g/mol. The quantitative estimate of drug-likeness (QED) is 0.917. The van der Waals surface area contributed by atoms with Crippen LogP contribution in [0.1, 0.15) is 19.3 Å². The van der Waals surface area contributed by atoms with E-state index >= 15 is 0 Å². The fourth-order valence-corrected chi connectivity index (χ4v) is 3.88. The molecule has 2 saturated heterocycles. The number of para-hydroxylation sites is 1. The van der Waals surface area contributed by atoms with Gasteiger partial charge in [0.1, 0.15) is 0 Å². The average molecular weight is 280 g/mol. The maximum atomic E-state index is 6.33. The van der Waals surface area contributed by atoms with Crippen molar-refractivity contribution in [2.24, 2.45) is 0 Å². The molecule has 0 spiro atoms. The van der Waals surface area contributed by atoms with Crippen molar-refractivity contribution in [3.05, 3.63) is 23.2 Å². The fourth-order valence-electron chi connectivity index (χ4n) is 3.54. The maximum Gasteiger partial charge on any atom is 0.0786 e. The summed E-state index contributed by atoms with van der Waals surface area (Å²) >= 11 is 6.33. The molecule has 2 atom stereocenters. The Hall–Kier alpha value is -0.930. The smallest absolute Gasteiger partial charge is 0.0786 e. The monoisotopic (exact) mass is 279 g/mol. The Morgan fingerprint density at radius 1 is 1.26 bits per heavy atom. The fraction of sp³-hybridized carbons (Fsp3) is 0.600. The lowest BCUT2D eigenvalue weighted by molar-refractivity contribution is 0.318. The standard InChI is InChI=1S/C15H22ClN3/c1-18(2)15-11(16)5-3-6-13(15)17-12-8-10-19-9-4-7-14(12)19/h3,5-6,12,14,17H,4,7-10H2,1-2H3. The Labute approximate surface area is 120 Å². The summed E-state index contributed by atoms with van der Waals surface area (Å²) in [5, 5.41) is 4.55. The van der Waals surface area contributed by atoms with Crippen LogP contribution in [0.4, 0.5) is 11.4 Å². The van der Waals surface area contributed by atoms with Gasteiger partial charge in [0.2, 0.25) is 0 Å². The zero-order valence-corrected chi connectivity index (χ0v) is 12.5.